The minimum absolute atomic E-state index is 0.000610. The first-order valence-corrected chi connectivity index (χ1v) is 14.8. The number of amides is 2. The standard InChI is InChI=1S/C31H43N7O2/c1-4-27(39)38-17-7-10-25(21(38)2)35-26-20-33-28(29(32)40)30(36-26)34-23-13-11-22(12-14-23)31(3)15-18-37(19-16-31)24-8-5-6-9-24/h4,11-14,20-21,24-25H,1,5-10,15-19H2,2-3H3,(H2,32,40)(H2,34,35,36). The van der Waals surface area contributed by atoms with E-state index in [1.807, 2.05) is 24.0 Å². The summed E-state index contributed by atoms with van der Waals surface area (Å²) in [6.45, 7) is 11.1. The Morgan fingerprint density at radius 2 is 1.77 bits per heavy atom. The van der Waals surface area contributed by atoms with Crippen molar-refractivity contribution in [3.8, 4) is 0 Å². The van der Waals surface area contributed by atoms with E-state index < -0.39 is 5.91 Å². The molecule has 0 spiro atoms. The van der Waals surface area contributed by atoms with Gasteiger partial charge in [-0.15, -0.1) is 0 Å². The number of primary amides is 1. The highest BCUT2D eigenvalue weighted by Crippen LogP contribution is 2.38. The number of anilines is 3. The number of rotatable bonds is 8. The number of benzene rings is 1. The van der Waals surface area contributed by atoms with E-state index in [2.05, 4.69) is 51.1 Å². The molecule has 9 heteroatoms. The molecular weight excluding hydrogens is 502 g/mol. The van der Waals surface area contributed by atoms with Crippen LogP contribution in [-0.4, -0.2) is 69.3 Å². The molecule has 2 aromatic rings. The molecule has 5 rings (SSSR count). The van der Waals surface area contributed by atoms with Gasteiger partial charge in [-0.1, -0.05) is 38.5 Å². The minimum atomic E-state index is -0.645. The van der Waals surface area contributed by atoms with E-state index >= 15 is 0 Å². The van der Waals surface area contributed by atoms with Gasteiger partial charge in [-0.3, -0.25) is 9.59 Å². The van der Waals surface area contributed by atoms with Crippen LogP contribution in [0.3, 0.4) is 0 Å². The third kappa shape index (κ3) is 5.99. The smallest absolute Gasteiger partial charge is 0.271 e. The Morgan fingerprint density at radius 3 is 2.42 bits per heavy atom. The van der Waals surface area contributed by atoms with Crippen LogP contribution >= 0.6 is 0 Å². The SMILES string of the molecule is C=CC(=O)N1CCCC(Nc2cnc(C(N)=O)c(Nc3ccc(C4(C)CCN(C5CCCC5)CC4)cc3)n2)C1C. The van der Waals surface area contributed by atoms with E-state index in [9.17, 15) is 9.59 Å². The summed E-state index contributed by atoms with van der Waals surface area (Å²) in [6, 6.07) is 9.20. The largest absolute Gasteiger partial charge is 0.364 e. The molecule has 1 aromatic heterocycles. The summed E-state index contributed by atoms with van der Waals surface area (Å²) in [5, 5.41) is 6.68. The maximum Gasteiger partial charge on any atom is 0.271 e. The number of nitrogens with one attached hydrogen (secondary N) is 2. The van der Waals surface area contributed by atoms with Gasteiger partial charge < -0.3 is 26.2 Å². The molecule has 2 unspecified atom stereocenters. The summed E-state index contributed by atoms with van der Waals surface area (Å²) in [5.41, 5.74) is 8.03. The number of likely N-dealkylation sites (tertiary alicyclic amines) is 2. The van der Waals surface area contributed by atoms with E-state index in [4.69, 9.17) is 5.73 Å². The van der Waals surface area contributed by atoms with Gasteiger partial charge >= 0.3 is 0 Å². The number of piperidine rings is 2. The van der Waals surface area contributed by atoms with Gasteiger partial charge in [0, 0.05) is 30.4 Å². The van der Waals surface area contributed by atoms with Gasteiger partial charge in [0.05, 0.1) is 6.20 Å². The molecule has 1 saturated carbocycles. The zero-order valence-corrected chi connectivity index (χ0v) is 23.9. The number of carbonyl (C=O) groups excluding carboxylic acids is 2. The monoisotopic (exact) mass is 545 g/mol. The van der Waals surface area contributed by atoms with Crippen LogP contribution in [-0.2, 0) is 10.2 Å². The van der Waals surface area contributed by atoms with Crippen molar-refractivity contribution in [1.82, 2.24) is 19.8 Å². The van der Waals surface area contributed by atoms with Gasteiger partial charge in [-0.2, -0.15) is 0 Å². The number of nitrogens with zero attached hydrogens (tertiary/aromatic N) is 4. The Kier molecular flexibility index (Phi) is 8.40. The van der Waals surface area contributed by atoms with Gasteiger partial charge in [0.15, 0.2) is 11.5 Å². The van der Waals surface area contributed by atoms with Crippen LogP contribution in [0.15, 0.2) is 43.1 Å². The van der Waals surface area contributed by atoms with Crippen molar-refractivity contribution < 1.29 is 9.59 Å². The molecule has 3 heterocycles. The van der Waals surface area contributed by atoms with Gasteiger partial charge in [0.25, 0.3) is 5.91 Å². The van der Waals surface area contributed by atoms with Crippen molar-refractivity contribution >= 4 is 29.1 Å². The fourth-order valence-corrected chi connectivity index (χ4v) is 6.71. The lowest BCUT2D eigenvalue weighted by molar-refractivity contribution is -0.129. The fourth-order valence-electron chi connectivity index (χ4n) is 6.71. The molecule has 3 aliphatic rings. The summed E-state index contributed by atoms with van der Waals surface area (Å²) in [7, 11) is 0. The first-order chi connectivity index (χ1) is 19.3. The molecule has 2 aliphatic heterocycles. The van der Waals surface area contributed by atoms with Crippen LogP contribution in [0.2, 0.25) is 0 Å². The molecule has 4 N–H and O–H groups in total. The second kappa shape index (κ2) is 12.0. The summed E-state index contributed by atoms with van der Waals surface area (Å²) in [5.74, 6) is 0.112. The summed E-state index contributed by atoms with van der Waals surface area (Å²) in [4.78, 5) is 37.9. The van der Waals surface area contributed by atoms with Crippen LogP contribution < -0.4 is 16.4 Å². The van der Waals surface area contributed by atoms with E-state index in [1.54, 1.807) is 0 Å². The number of hydrogen-bond acceptors (Lipinski definition) is 7. The quantitative estimate of drug-likeness (QED) is 0.415. The van der Waals surface area contributed by atoms with Gasteiger partial charge in [0.1, 0.15) is 5.82 Å². The minimum Gasteiger partial charge on any atom is -0.364 e. The number of aromatic nitrogens is 2. The van der Waals surface area contributed by atoms with E-state index in [0.717, 1.165) is 50.5 Å². The predicted octanol–water partition coefficient (Wildman–Crippen LogP) is 4.59. The topological polar surface area (TPSA) is 116 Å². The molecule has 2 atom stereocenters. The van der Waals surface area contributed by atoms with Crippen LogP contribution in [0.1, 0.15) is 81.3 Å². The summed E-state index contributed by atoms with van der Waals surface area (Å²) >= 11 is 0. The molecule has 1 aromatic carbocycles. The molecule has 3 fully saturated rings. The van der Waals surface area contributed by atoms with Crippen molar-refractivity contribution in [2.75, 3.05) is 30.3 Å². The number of nitrogens with two attached hydrogens (primary N) is 1. The lowest BCUT2D eigenvalue weighted by Crippen LogP contribution is -2.51. The highest BCUT2D eigenvalue weighted by Gasteiger charge is 2.35. The predicted molar refractivity (Wildman–Crippen MR) is 159 cm³/mol. The molecule has 9 nitrogen and oxygen atoms in total. The van der Waals surface area contributed by atoms with E-state index in [-0.39, 0.29) is 29.1 Å². The average molecular weight is 546 g/mol. The maximum atomic E-state index is 12.3. The van der Waals surface area contributed by atoms with Crippen LogP contribution in [0.25, 0.3) is 0 Å². The van der Waals surface area contributed by atoms with Gasteiger partial charge in [0.2, 0.25) is 5.91 Å². The molecule has 2 saturated heterocycles. The fraction of sp³-hybridized carbons (Fsp3) is 0.548. The van der Waals surface area contributed by atoms with Crippen LogP contribution in [0.4, 0.5) is 17.3 Å². The van der Waals surface area contributed by atoms with Gasteiger partial charge in [-0.05, 0) is 87.7 Å². The Balaban J connectivity index is 1.27. The normalized spacial score (nSPS) is 23.5. The second-order valence-corrected chi connectivity index (χ2v) is 11.9. The first kappa shape index (κ1) is 28.1. The highest BCUT2D eigenvalue weighted by atomic mass is 16.2. The lowest BCUT2D eigenvalue weighted by Gasteiger charge is -2.42. The molecule has 214 valence electrons. The van der Waals surface area contributed by atoms with Crippen molar-refractivity contribution in [2.45, 2.75) is 88.8 Å². The first-order valence-electron chi connectivity index (χ1n) is 14.8. The molecular formula is C31H43N7O2. The zero-order valence-electron chi connectivity index (χ0n) is 23.9. The second-order valence-electron chi connectivity index (χ2n) is 11.9. The summed E-state index contributed by atoms with van der Waals surface area (Å²) in [6.07, 6.45) is 12.4. The van der Waals surface area contributed by atoms with Crippen LogP contribution in [0, 0.1) is 0 Å². The molecule has 40 heavy (non-hydrogen) atoms. The molecule has 2 amide bonds. The van der Waals surface area contributed by atoms with E-state index in [0.29, 0.717) is 18.2 Å². The molecule has 0 bridgehead atoms. The van der Waals surface area contributed by atoms with Gasteiger partial charge in [-0.25, -0.2) is 9.97 Å². The number of carbonyl (C=O) groups is 2. The Hall–Kier alpha value is -3.46. The third-order valence-electron chi connectivity index (χ3n) is 9.37. The molecule has 0 radical (unpaired) electrons. The zero-order chi connectivity index (χ0) is 28.3. The van der Waals surface area contributed by atoms with Crippen LogP contribution in [0.5, 0.6) is 0 Å². The van der Waals surface area contributed by atoms with Crippen molar-refractivity contribution in [3.05, 3.63) is 54.4 Å². The average Bonchev–Trinajstić information content (AvgIpc) is 3.50. The van der Waals surface area contributed by atoms with Crippen molar-refractivity contribution in [3.63, 3.8) is 0 Å². The Bertz CT molecular complexity index is 1220. The van der Waals surface area contributed by atoms with Crippen molar-refractivity contribution in [1.29, 1.82) is 0 Å². The number of hydrogen-bond donors (Lipinski definition) is 3. The van der Waals surface area contributed by atoms with E-state index in [1.165, 1.54) is 43.5 Å². The third-order valence-corrected chi connectivity index (χ3v) is 9.37. The maximum absolute atomic E-state index is 12.3. The Labute approximate surface area is 237 Å². The lowest BCUT2D eigenvalue weighted by atomic mass is 9.74. The Morgan fingerprint density at radius 1 is 1.07 bits per heavy atom. The summed E-state index contributed by atoms with van der Waals surface area (Å²) < 4.78 is 0. The van der Waals surface area contributed by atoms with Crippen molar-refractivity contribution in [2.24, 2.45) is 5.73 Å². The molecule has 1 aliphatic carbocycles. The highest BCUT2D eigenvalue weighted by molar-refractivity contribution is 5.96.